The van der Waals surface area contributed by atoms with Gasteiger partial charge in [0.15, 0.2) is 12.4 Å². The number of amides is 1. The lowest BCUT2D eigenvalue weighted by Crippen LogP contribution is -3.00. The van der Waals surface area contributed by atoms with Gasteiger partial charge in [-0.1, -0.05) is 6.08 Å². The molecule has 1 aliphatic heterocycles. The molecule has 1 unspecified atom stereocenters. The molecule has 0 bridgehead atoms. The molecule has 0 fully saturated rings. The van der Waals surface area contributed by atoms with Crippen LogP contribution in [0.5, 0.6) is 0 Å². The lowest BCUT2D eigenvalue weighted by atomic mass is 10.2. The molecule has 0 saturated heterocycles. The molecule has 0 spiro atoms. The molecule has 1 aromatic heterocycles. The van der Waals surface area contributed by atoms with Crippen LogP contribution in [0.25, 0.3) is 0 Å². The minimum absolute atomic E-state index is 0. The van der Waals surface area contributed by atoms with Crippen LogP contribution in [0.15, 0.2) is 66.0 Å². The average Bonchev–Trinajstić information content (AvgIpc) is 2.50. The Balaban J connectivity index is 0.00000242. The summed E-state index contributed by atoms with van der Waals surface area (Å²) in [4.78, 5) is 23.3. The van der Waals surface area contributed by atoms with Crippen LogP contribution in [-0.4, -0.2) is 17.9 Å². The third-order valence-electron chi connectivity index (χ3n) is 2.95. The number of nitroso groups, excluding NO2 is 1. The zero-order valence-corrected chi connectivity index (χ0v) is 13.8. The number of aromatic nitrogens is 1. The Bertz CT molecular complexity index is 629. The number of ether oxygens (including phenoxy) is 1. The van der Waals surface area contributed by atoms with E-state index >= 15 is 0 Å². The number of hydrogen-bond donors (Lipinski definition) is 1. The Labute approximate surface area is 145 Å². The highest BCUT2D eigenvalue weighted by Crippen LogP contribution is 2.20. The van der Waals surface area contributed by atoms with Gasteiger partial charge in [0, 0.05) is 25.4 Å². The highest BCUT2D eigenvalue weighted by atomic mass is 35.5. The normalized spacial score (nSPS) is 15.5. The van der Waals surface area contributed by atoms with Crippen LogP contribution in [0.2, 0.25) is 0 Å². The van der Waals surface area contributed by atoms with Gasteiger partial charge in [0.25, 0.3) is 0 Å². The summed E-state index contributed by atoms with van der Waals surface area (Å²) in [7, 11) is 1.54. The maximum Gasteiger partial charge on any atom is 0.351 e. The van der Waals surface area contributed by atoms with E-state index in [0.29, 0.717) is 11.3 Å². The summed E-state index contributed by atoms with van der Waals surface area (Å²) >= 11 is 0. The molecule has 2 heterocycles. The Morgan fingerprint density at radius 1 is 1.39 bits per heavy atom. The number of carbonyl (C=O) groups excluding carboxylic acids is 1. The standard InChI is InChI=1S/C14H14N4O3.2ClH/c1-21-14(17-8-5-11(6-9-17)13(15)19)18-7-3-2-4-12(18)10-16-20;;/h2-10,14H,1H3,(H-,15,19);2*1H/b12-10+;;. The van der Waals surface area contributed by atoms with E-state index in [9.17, 15) is 9.70 Å². The van der Waals surface area contributed by atoms with Crippen LogP contribution in [0.4, 0.5) is 0 Å². The summed E-state index contributed by atoms with van der Waals surface area (Å²) in [6.07, 6.45) is 11.1. The van der Waals surface area contributed by atoms with E-state index in [1.807, 2.05) is 6.08 Å². The van der Waals surface area contributed by atoms with Gasteiger partial charge >= 0.3 is 6.35 Å². The smallest absolute Gasteiger partial charge is 0.351 e. The molecule has 0 aliphatic carbocycles. The van der Waals surface area contributed by atoms with Gasteiger partial charge in [-0.15, -0.1) is 17.3 Å². The van der Waals surface area contributed by atoms with Crippen molar-refractivity contribution in [3.63, 3.8) is 0 Å². The quantitative estimate of drug-likeness (QED) is 0.517. The molecule has 124 valence electrons. The van der Waals surface area contributed by atoms with Gasteiger partial charge in [-0.25, -0.2) is 0 Å². The van der Waals surface area contributed by atoms with Crippen molar-refractivity contribution in [3.05, 3.63) is 71.3 Å². The van der Waals surface area contributed by atoms with E-state index in [0.717, 1.165) is 0 Å². The van der Waals surface area contributed by atoms with Gasteiger partial charge in [0.05, 0.1) is 17.5 Å². The van der Waals surface area contributed by atoms with Crippen LogP contribution < -0.4 is 22.7 Å². The summed E-state index contributed by atoms with van der Waals surface area (Å²) < 4.78 is 7.19. The molecule has 0 saturated carbocycles. The van der Waals surface area contributed by atoms with Gasteiger partial charge in [0.1, 0.15) is 0 Å². The van der Waals surface area contributed by atoms with Crippen LogP contribution in [-0.2, 0) is 4.74 Å². The van der Waals surface area contributed by atoms with Gasteiger partial charge in [-0.2, -0.15) is 4.57 Å². The van der Waals surface area contributed by atoms with Gasteiger partial charge < -0.3 is 22.9 Å². The number of hydrogen-bond acceptors (Lipinski definition) is 5. The van der Waals surface area contributed by atoms with Crippen LogP contribution in [0, 0.1) is 4.91 Å². The topological polar surface area (TPSA) is 88.9 Å². The van der Waals surface area contributed by atoms with Crippen LogP contribution in [0.3, 0.4) is 0 Å². The molecule has 1 aliphatic rings. The Morgan fingerprint density at radius 3 is 2.57 bits per heavy atom. The summed E-state index contributed by atoms with van der Waals surface area (Å²) in [6, 6.07) is 3.19. The van der Waals surface area contributed by atoms with E-state index in [1.54, 1.807) is 52.3 Å². The number of carbonyl (C=O) groups is 1. The largest absolute Gasteiger partial charge is 1.00 e. The van der Waals surface area contributed by atoms with Crippen LogP contribution >= 0.6 is 12.4 Å². The molecule has 23 heavy (non-hydrogen) atoms. The predicted octanol–water partition coefficient (Wildman–Crippen LogP) is -1.41. The van der Waals surface area contributed by atoms with Crippen molar-refractivity contribution in [1.29, 1.82) is 0 Å². The van der Waals surface area contributed by atoms with E-state index in [-0.39, 0.29) is 24.8 Å². The number of nitrogens with two attached hydrogens (primary N) is 1. The lowest BCUT2D eigenvalue weighted by molar-refractivity contribution is -0.779. The van der Waals surface area contributed by atoms with Crippen molar-refractivity contribution in [2.45, 2.75) is 6.35 Å². The molecule has 7 nitrogen and oxygen atoms in total. The average molecular weight is 359 g/mol. The summed E-state index contributed by atoms with van der Waals surface area (Å²) in [5.41, 5.74) is 6.20. The molecule has 2 rings (SSSR count). The first kappa shape index (κ1) is 20.8. The molecule has 1 amide bonds. The lowest BCUT2D eigenvalue weighted by Gasteiger charge is -2.26. The highest BCUT2D eigenvalue weighted by Gasteiger charge is 2.27. The number of rotatable bonds is 5. The zero-order chi connectivity index (χ0) is 15.2. The summed E-state index contributed by atoms with van der Waals surface area (Å²) in [5.74, 6) is -0.498. The molecule has 0 aromatic carbocycles. The monoisotopic (exact) mass is 358 g/mol. The Morgan fingerprint density at radius 2 is 2.04 bits per heavy atom. The second-order valence-corrected chi connectivity index (χ2v) is 4.23. The minimum atomic E-state index is -0.527. The maximum absolute atomic E-state index is 11.1. The molecule has 9 heteroatoms. The molecule has 1 aromatic rings. The number of nitrogens with zero attached hydrogens (tertiary/aromatic N) is 3. The fourth-order valence-corrected chi connectivity index (χ4v) is 1.96. The fourth-order valence-electron chi connectivity index (χ4n) is 1.96. The highest BCUT2D eigenvalue weighted by molar-refractivity contribution is 5.92. The number of pyridine rings is 1. The predicted molar refractivity (Wildman–Crippen MR) is 82.4 cm³/mol. The second kappa shape index (κ2) is 9.73. The van der Waals surface area contributed by atoms with Gasteiger partial charge in [0.2, 0.25) is 5.91 Å². The second-order valence-electron chi connectivity index (χ2n) is 4.23. The summed E-state index contributed by atoms with van der Waals surface area (Å²) in [5, 5.41) is 2.79. The van der Waals surface area contributed by atoms with Crippen molar-refractivity contribution in [2.75, 3.05) is 7.11 Å². The Kier molecular flexibility index (Phi) is 8.79. The SMILES string of the molecule is COC(N1C=CC=C/C1=C\N=O)[n+]1ccc(C(N)=O)cc1.Cl.[Cl-]. The van der Waals surface area contributed by atoms with E-state index < -0.39 is 12.3 Å². The number of methoxy groups -OCH3 is 1. The molecule has 0 radical (unpaired) electrons. The van der Waals surface area contributed by atoms with Crippen molar-refractivity contribution in [2.24, 2.45) is 10.9 Å². The first-order chi connectivity index (χ1) is 10.2. The van der Waals surface area contributed by atoms with Crippen molar-refractivity contribution < 1.29 is 26.5 Å². The van der Waals surface area contributed by atoms with Gasteiger partial charge in [-0.3, -0.25) is 9.69 Å². The van der Waals surface area contributed by atoms with Crippen molar-refractivity contribution >= 4 is 18.3 Å². The van der Waals surface area contributed by atoms with Crippen molar-refractivity contribution in [1.82, 2.24) is 4.90 Å². The number of primary amides is 1. The maximum atomic E-state index is 11.1. The summed E-state index contributed by atoms with van der Waals surface area (Å²) in [6.45, 7) is 0. The molecule has 1 atom stereocenters. The van der Waals surface area contributed by atoms with Crippen LogP contribution in [0.1, 0.15) is 16.7 Å². The third kappa shape index (κ3) is 4.88. The first-order valence-electron chi connectivity index (χ1n) is 6.16. The third-order valence-corrected chi connectivity index (χ3v) is 2.95. The Hall–Kier alpha value is -2.22. The van der Waals surface area contributed by atoms with E-state index in [1.165, 1.54) is 13.3 Å². The van der Waals surface area contributed by atoms with E-state index in [4.69, 9.17) is 10.5 Å². The minimum Gasteiger partial charge on any atom is -1.00 e. The van der Waals surface area contributed by atoms with Crippen molar-refractivity contribution in [3.8, 4) is 0 Å². The van der Waals surface area contributed by atoms with Gasteiger partial charge in [-0.05, 0) is 17.3 Å². The number of halogens is 2. The zero-order valence-electron chi connectivity index (χ0n) is 12.2. The number of allylic oxidation sites excluding steroid dienone is 3. The van der Waals surface area contributed by atoms with E-state index in [2.05, 4.69) is 5.18 Å². The molecular formula is C14H16Cl2N4O3. The molecule has 2 N–H and O–H groups in total. The molecular weight excluding hydrogens is 343 g/mol. The fraction of sp³-hybridized carbons (Fsp3) is 0.143. The first-order valence-corrected chi connectivity index (χ1v) is 6.16.